The van der Waals surface area contributed by atoms with Gasteiger partial charge in [-0.05, 0) is 37.3 Å². The summed E-state index contributed by atoms with van der Waals surface area (Å²) in [5.74, 6) is 0.939. The Morgan fingerprint density at radius 1 is 1.50 bits per heavy atom. The average Bonchev–Trinajstić information content (AvgIpc) is 2.28. The van der Waals surface area contributed by atoms with Crippen molar-refractivity contribution in [1.82, 2.24) is 4.98 Å². The van der Waals surface area contributed by atoms with Gasteiger partial charge in [-0.3, -0.25) is 5.41 Å². The van der Waals surface area contributed by atoms with E-state index in [0.717, 1.165) is 22.1 Å². The second kappa shape index (κ2) is 5.74. The van der Waals surface area contributed by atoms with Gasteiger partial charge in [0.05, 0.1) is 5.56 Å². The van der Waals surface area contributed by atoms with E-state index in [2.05, 4.69) is 11.9 Å². The van der Waals surface area contributed by atoms with Crippen molar-refractivity contribution in [3.05, 3.63) is 23.4 Å². The normalized spacial score (nSPS) is 23.9. The molecule has 1 aromatic rings. The molecule has 3 nitrogen and oxygen atoms in total. The van der Waals surface area contributed by atoms with Crippen molar-refractivity contribution in [1.29, 1.82) is 5.41 Å². The fourth-order valence-electron chi connectivity index (χ4n) is 2.59. The molecule has 0 aromatic carbocycles. The first-order valence-corrected chi connectivity index (χ1v) is 7.42. The van der Waals surface area contributed by atoms with E-state index >= 15 is 0 Å². The summed E-state index contributed by atoms with van der Waals surface area (Å²) in [4.78, 5) is 4.42. The van der Waals surface area contributed by atoms with Crippen molar-refractivity contribution in [2.24, 2.45) is 11.7 Å². The first-order valence-electron chi connectivity index (χ1n) is 6.54. The highest BCUT2D eigenvalue weighted by Crippen LogP contribution is 2.36. The van der Waals surface area contributed by atoms with Crippen LogP contribution < -0.4 is 5.73 Å². The molecule has 1 aromatic heterocycles. The molecule has 0 amide bonds. The Kier molecular flexibility index (Phi) is 4.27. The quantitative estimate of drug-likeness (QED) is 0.649. The number of nitrogens with two attached hydrogens (primary N) is 1. The third kappa shape index (κ3) is 3.05. The fourth-order valence-corrected chi connectivity index (χ4v) is 4.13. The minimum absolute atomic E-state index is 0.131. The number of thioether (sulfide) groups is 1. The predicted molar refractivity (Wildman–Crippen MR) is 77.3 cm³/mol. The van der Waals surface area contributed by atoms with E-state index in [1.54, 1.807) is 11.8 Å². The molecular formula is C14H21N3S. The number of nitrogens with one attached hydrogen (secondary N) is 1. The van der Waals surface area contributed by atoms with Gasteiger partial charge < -0.3 is 5.73 Å². The van der Waals surface area contributed by atoms with Crippen LogP contribution in [0, 0.1) is 18.3 Å². The van der Waals surface area contributed by atoms with Crippen molar-refractivity contribution in [3.8, 4) is 0 Å². The molecule has 0 radical (unpaired) electrons. The molecule has 1 saturated carbocycles. The van der Waals surface area contributed by atoms with Crippen molar-refractivity contribution in [3.63, 3.8) is 0 Å². The number of amidine groups is 1. The maximum Gasteiger partial charge on any atom is 0.125 e. The molecule has 0 saturated heterocycles. The van der Waals surface area contributed by atoms with E-state index in [-0.39, 0.29) is 5.84 Å². The van der Waals surface area contributed by atoms with Gasteiger partial charge in [0, 0.05) is 11.4 Å². The maximum absolute atomic E-state index is 7.70. The molecular weight excluding hydrogens is 242 g/mol. The van der Waals surface area contributed by atoms with Crippen LogP contribution in [0.1, 0.15) is 43.7 Å². The first-order chi connectivity index (χ1) is 8.58. The molecule has 1 heterocycles. The van der Waals surface area contributed by atoms with Crippen molar-refractivity contribution >= 4 is 17.6 Å². The molecule has 3 N–H and O–H groups in total. The third-order valence-electron chi connectivity index (χ3n) is 3.56. The zero-order valence-corrected chi connectivity index (χ0v) is 11.9. The van der Waals surface area contributed by atoms with Crippen LogP contribution in [0.4, 0.5) is 0 Å². The summed E-state index contributed by atoms with van der Waals surface area (Å²) in [5, 5.41) is 9.26. The SMILES string of the molecule is Cc1ccnc(SC2CCCC(C)C2)c1C(=N)N. The molecule has 1 fully saturated rings. The standard InChI is InChI=1S/C14H21N3S/c1-9-4-3-5-11(8-9)18-14-12(13(15)16)10(2)6-7-17-14/h6-7,9,11H,3-5,8H2,1-2H3,(H3,15,16). The second-order valence-corrected chi connectivity index (χ2v) is 6.52. The van der Waals surface area contributed by atoms with Gasteiger partial charge in [-0.1, -0.05) is 19.8 Å². The lowest BCUT2D eigenvalue weighted by molar-refractivity contribution is 0.394. The first kappa shape index (κ1) is 13.4. The largest absolute Gasteiger partial charge is 0.384 e. The minimum atomic E-state index is 0.131. The van der Waals surface area contributed by atoms with Gasteiger partial charge in [-0.15, -0.1) is 11.8 Å². The summed E-state index contributed by atoms with van der Waals surface area (Å²) in [6.45, 7) is 4.31. The molecule has 98 valence electrons. The highest BCUT2D eigenvalue weighted by Gasteiger charge is 2.22. The molecule has 2 unspecified atom stereocenters. The lowest BCUT2D eigenvalue weighted by atomic mass is 9.91. The number of hydrogen-bond donors (Lipinski definition) is 2. The number of aryl methyl sites for hydroxylation is 1. The third-order valence-corrected chi connectivity index (χ3v) is 4.85. The molecule has 2 rings (SSSR count). The minimum Gasteiger partial charge on any atom is -0.384 e. The molecule has 18 heavy (non-hydrogen) atoms. The van der Waals surface area contributed by atoms with Crippen LogP contribution in [-0.4, -0.2) is 16.1 Å². The molecule has 4 heteroatoms. The van der Waals surface area contributed by atoms with E-state index in [1.165, 1.54) is 25.7 Å². The summed E-state index contributed by atoms with van der Waals surface area (Å²) in [6.07, 6.45) is 6.97. The molecule has 0 aliphatic heterocycles. The van der Waals surface area contributed by atoms with Crippen molar-refractivity contribution in [2.75, 3.05) is 0 Å². The Hall–Kier alpha value is -1.03. The van der Waals surface area contributed by atoms with Crippen LogP contribution in [0.5, 0.6) is 0 Å². The van der Waals surface area contributed by atoms with Gasteiger partial charge in [0.2, 0.25) is 0 Å². The van der Waals surface area contributed by atoms with Gasteiger partial charge >= 0.3 is 0 Å². The zero-order chi connectivity index (χ0) is 13.1. The summed E-state index contributed by atoms with van der Waals surface area (Å²) < 4.78 is 0. The van der Waals surface area contributed by atoms with Crippen molar-refractivity contribution in [2.45, 2.75) is 49.8 Å². The van der Waals surface area contributed by atoms with E-state index < -0.39 is 0 Å². The Labute approximate surface area is 113 Å². The Morgan fingerprint density at radius 3 is 2.94 bits per heavy atom. The van der Waals surface area contributed by atoms with E-state index in [0.29, 0.717) is 5.25 Å². The fraction of sp³-hybridized carbons (Fsp3) is 0.571. The molecule has 0 spiro atoms. The number of pyridine rings is 1. The Morgan fingerprint density at radius 2 is 2.28 bits per heavy atom. The van der Waals surface area contributed by atoms with Gasteiger partial charge in [-0.2, -0.15) is 0 Å². The lowest BCUT2D eigenvalue weighted by Gasteiger charge is -2.26. The Bertz CT molecular complexity index is 445. The van der Waals surface area contributed by atoms with Gasteiger partial charge in [-0.25, -0.2) is 4.98 Å². The van der Waals surface area contributed by atoms with Crippen LogP contribution in [0.25, 0.3) is 0 Å². The van der Waals surface area contributed by atoms with E-state index in [4.69, 9.17) is 11.1 Å². The van der Waals surface area contributed by atoms with Crippen LogP contribution in [-0.2, 0) is 0 Å². The van der Waals surface area contributed by atoms with Crippen LogP contribution >= 0.6 is 11.8 Å². The van der Waals surface area contributed by atoms with Gasteiger partial charge in [0.15, 0.2) is 0 Å². The molecule has 2 atom stereocenters. The van der Waals surface area contributed by atoms with E-state index in [9.17, 15) is 0 Å². The molecule has 0 bridgehead atoms. The predicted octanol–water partition coefficient (Wildman–Crippen LogP) is 3.34. The molecule has 1 aliphatic rings. The summed E-state index contributed by atoms with van der Waals surface area (Å²) in [7, 11) is 0. The van der Waals surface area contributed by atoms with Gasteiger partial charge in [0.25, 0.3) is 0 Å². The summed E-state index contributed by atoms with van der Waals surface area (Å²) in [6, 6.07) is 1.92. The zero-order valence-electron chi connectivity index (χ0n) is 11.1. The molecule has 1 aliphatic carbocycles. The highest BCUT2D eigenvalue weighted by atomic mass is 32.2. The number of nitrogen functional groups attached to an aromatic ring is 1. The number of aromatic nitrogens is 1. The van der Waals surface area contributed by atoms with Gasteiger partial charge in [0.1, 0.15) is 10.9 Å². The maximum atomic E-state index is 7.70. The van der Waals surface area contributed by atoms with Crippen LogP contribution in [0.3, 0.4) is 0 Å². The van der Waals surface area contributed by atoms with Crippen LogP contribution in [0.15, 0.2) is 17.3 Å². The monoisotopic (exact) mass is 263 g/mol. The average molecular weight is 263 g/mol. The van der Waals surface area contributed by atoms with E-state index in [1.807, 2.05) is 19.2 Å². The summed E-state index contributed by atoms with van der Waals surface area (Å²) in [5.41, 5.74) is 7.54. The topological polar surface area (TPSA) is 62.8 Å². The van der Waals surface area contributed by atoms with Crippen LogP contribution in [0.2, 0.25) is 0 Å². The Balaban J connectivity index is 2.18. The highest BCUT2D eigenvalue weighted by molar-refractivity contribution is 7.99. The summed E-state index contributed by atoms with van der Waals surface area (Å²) >= 11 is 1.81. The van der Waals surface area contributed by atoms with Crippen molar-refractivity contribution < 1.29 is 0 Å². The lowest BCUT2D eigenvalue weighted by Crippen LogP contribution is -2.18. The number of nitrogens with zero attached hydrogens (tertiary/aromatic N) is 1. The number of hydrogen-bond acceptors (Lipinski definition) is 3. The smallest absolute Gasteiger partial charge is 0.125 e. The second-order valence-electron chi connectivity index (χ2n) is 5.23. The number of rotatable bonds is 3.